The van der Waals surface area contributed by atoms with E-state index in [0.29, 0.717) is 0 Å². The molecule has 0 fully saturated rings. The van der Waals surface area contributed by atoms with Crippen LogP contribution < -0.4 is 0 Å². The Morgan fingerprint density at radius 2 is 0.800 bits per heavy atom. The fraction of sp³-hybridized carbons (Fsp3) is 0. The molecular formula is BFeNiW2. The van der Waals surface area contributed by atoms with Crippen molar-refractivity contribution >= 4 is 8.41 Å². The fourth-order valence-corrected chi connectivity index (χ4v) is 0. The summed E-state index contributed by atoms with van der Waals surface area (Å²) in [5.41, 5.74) is 0. The molecular weight excluding hydrogens is 493 g/mol. The molecule has 5 heavy (non-hydrogen) atoms. The van der Waals surface area contributed by atoms with Gasteiger partial charge < -0.3 is 0 Å². The second kappa shape index (κ2) is 31.9. The van der Waals surface area contributed by atoms with Gasteiger partial charge in [-0.1, -0.05) is 0 Å². The number of hydrogen-bond acceptors (Lipinski definition) is 0. The second-order valence-corrected chi connectivity index (χ2v) is 0. The summed E-state index contributed by atoms with van der Waals surface area (Å²) in [6.07, 6.45) is 0. The molecule has 33 valence electrons. The van der Waals surface area contributed by atoms with Crippen LogP contribution in [0.25, 0.3) is 0 Å². The van der Waals surface area contributed by atoms with Gasteiger partial charge in [0.15, 0.2) is 0 Å². The van der Waals surface area contributed by atoms with Crippen LogP contribution in [-0.4, -0.2) is 8.41 Å². The molecule has 0 amide bonds. The third-order valence-electron chi connectivity index (χ3n) is 0. The van der Waals surface area contributed by atoms with Crippen molar-refractivity contribution in [2.45, 2.75) is 0 Å². The Labute approximate surface area is 83.1 Å². The van der Waals surface area contributed by atoms with Gasteiger partial charge >= 0.3 is 0 Å². The van der Waals surface area contributed by atoms with E-state index in [1.807, 2.05) is 0 Å². The molecule has 0 bridgehead atoms. The van der Waals surface area contributed by atoms with E-state index in [9.17, 15) is 0 Å². The second-order valence-electron chi connectivity index (χ2n) is 0. The Bertz CT molecular complexity index is 9.61. The van der Waals surface area contributed by atoms with Crippen LogP contribution in [0.3, 0.4) is 0 Å². The molecule has 0 spiro atoms. The van der Waals surface area contributed by atoms with Gasteiger partial charge in [-0.2, -0.15) is 0 Å². The quantitative estimate of drug-likeness (QED) is 0.404. The predicted molar refractivity (Wildman–Crippen MR) is 5.75 cm³/mol. The van der Waals surface area contributed by atoms with Gasteiger partial charge in [0.2, 0.25) is 0 Å². The largest absolute Gasteiger partial charge is 0 e. The molecule has 0 heterocycles. The number of hydrogen-bond donors (Lipinski definition) is 0. The Morgan fingerprint density at radius 1 is 0.800 bits per heavy atom. The predicted octanol–water partition coefficient (Wildman–Crippen LogP) is -0.391. The first-order valence-corrected chi connectivity index (χ1v) is 0. The maximum Gasteiger partial charge on any atom is 0 e. The van der Waals surface area contributed by atoms with Gasteiger partial charge in [0.25, 0.3) is 0 Å². The standard InChI is InChI=1S/B.Fe.Ni.2W. The van der Waals surface area contributed by atoms with Crippen LogP contribution >= 0.6 is 0 Å². The van der Waals surface area contributed by atoms with Crippen molar-refractivity contribution in [1.29, 1.82) is 0 Å². The zero-order valence-corrected chi connectivity index (χ0v) is 10.0. The van der Waals surface area contributed by atoms with E-state index < -0.39 is 0 Å². The molecule has 0 rings (SSSR count). The SMILES string of the molecule is [B].[Fe].[Ni].[W].[W]. The van der Waals surface area contributed by atoms with Gasteiger partial charge in [0.1, 0.15) is 0 Å². The average molecular weight is 493 g/mol. The first-order chi connectivity index (χ1) is 0. The Balaban J connectivity index is 0. The summed E-state index contributed by atoms with van der Waals surface area (Å²) >= 11 is 0. The molecule has 0 atom stereocenters. The molecule has 0 saturated heterocycles. The average Bonchev–Trinajstić information content (AvgIpc) is 0. The zero-order chi connectivity index (χ0) is 0. The summed E-state index contributed by atoms with van der Waals surface area (Å²) in [7, 11) is 0. The van der Waals surface area contributed by atoms with Gasteiger partial charge in [-0.15, -0.1) is 0 Å². The first kappa shape index (κ1) is 51.5. The molecule has 0 nitrogen and oxygen atoms in total. The van der Waals surface area contributed by atoms with E-state index in [0.717, 1.165) is 0 Å². The van der Waals surface area contributed by atoms with E-state index in [4.69, 9.17) is 0 Å². The van der Waals surface area contributed by atoms with E-state index in [2.05, 4.69) is 0 Å². The van der Waals surface area contributed by atoms with Crippen LogP contribution in [0.5, 0.6) is 0 Å². The summed E-state index contributed by atoms with van der Waals surface area (Å²) < 4.78 is 0. The van der Waals surface area contributed by atoms with Crippen molar-refractivity contribution in [1.82, 2.24) is 0 Å². The van der Waals surface area contributed by atoms with E-state index >= 15 is 0 Å². The molecule has 0 aliphatic heterocycles. The van der Waals surface area contributed by atoms with Crippen LogP contribution in [0.15, 0.2) is 0 Å². The number of rotatable bonds is 0. The molecule has 5 heteroatoms. The van der Waals surface area contributed by atoms with Gasteiger partial charge in [0, 0.05) is 84.1 Å². The summed E-state index contributed by atoms with van der Waals surface area (Å²) in [5, 5.41) is 0. The maximum atomic E-state index is 0. The minimum atomic E-state index is 0. The molecule has 0 unspecified atom stereocenters. The van der Waals surface area contributed by atoms with Crippen molar-refractivity contribution in [2.75, 3.05) is 0 Å². The van der Waals surface area contributed by atoms with Gasteiger partial charge in [-0.05, 0) is 0 Å². The Morgan fingerprint density at radius 3 is 0.800 bits per heavy atom. The summed E-state index contributed by atoms with van der Waals surface area (Å²) in [6.45, 7) is 0. The molecule has 0 aliphatic carbocycles. The van der Waals surface area contributed by atoms with Crippen molar-refractivity contribution < 1.29 is 75.7 Å². The first-order valence-electron chi connectivity index (χ1n) is 0. The minimum absolute atomic E-state index is 0. The van der Waals surface area contributed by atoms with Crippen molar-refractivity contribution in [2.24, 2.45) is 0 Å². The molecule has 0 saturated carbocycles. The normalized spacial score (nSPS) is 0. The minimum Gasteiger partial charge on any atom is 0 e. The van der Waals surface area contributed by atoms with Gasteiger partial charge in [0.05, 0.1) is 0 Å². The van der Waals surface area contributed by atoms with Gasteiger partial charge in [-0.3, -0.25) is 0 Å². The summed E-state index contributed by atoms with van der Waals surface area (Å²) in [6, 6.07) is 0. The molecule has 0 aromatic rings. The van der Waals surface area contributed by atoms with Crippen molar-refractivity contribution in [3.05, 3.63) is 0 Å². The molecule has 0 N–H and O–H groups in total. The van der Waals surface area contributed by atoms with Crippen molar-refractivity contribution in [3.63, 3.8) is 0 Å². The van der Waals surface area contributed by atoms with Gasteiger partial charge in [-0.25, -0.2) is 0 Å². The summed E-state index contributed by atoms with van der Waals surface area (Å²) in [5.74, 6) is 0. The van der Waals surface area contributed by atoms with Crippen LogP contribution in [0.2, 0.25) is 0 Å². The molecule has 0 aliphatic rings. The Kier molecular flexibility index (Phi) is 329. The molecule has 0 aromatic carbocycles. The third kappa shape index (κ3) is 21.3. The molecule has 3 radical (unpaired) electrons. The Hall–Kier alpha value is 2.45. The van der Waals surface area contributed by atoms with Crippen LogP contribution in [0.4, 0.5) is 0 Å². The summed E-state index contributed by atoms with van der Waals surface area (Å²) in [4.78, 5) is 0. The molecule has 0 aromatic heterocycles. The van der Waals surface area contributed by atoms with Crippen LogP contribution in [-0.2, 0) is 75.7 Å². The van der Waals surface area contributed by atoms with Crippen LogP contribution in [0, 0.1) is 0 Å². The van der Waals surface area contributed by atoms with Crippen molar-refractivity contribution in [3.8, 4) is 0 Å². The topological polar surface area (TPSA) is 0 Å². The third-order valence-corrected chi connectivity index (χ3v) is 0. The smallest absolute Gasteiger partial charge is 0 e. The maximum absolute atomic E-state index is 0. The van der Waals surface area contributed by atoms with Crippen LogP contribution in [0.1, 0.15) is 0 Å². The monoisotopic (exact) mass is 493 g/mol. The van der Waals surface area contributed by atoms with E-state index in [-0.39, 0.29) is 84.1 Å². The fourth-order valence-electron chi connectivity index (χ4n) is 0. The van der Waals surface area contributed by atoms with E-state index in [1.165, 1.54) is 0 Å². The van der Waals surface area contributed by atoms with E-state index in [1.54, 1.807) is 0 Å². The zero-order valence-electron chi connectivity index (χ0n) is 2.06.